The second-order valence-corrected chi connectivity index (χ2v) is 2.05. The summed E-state index contributed by atoms with van der Waals surface area (Å²) in [6, 6.07) is 0. The summed E-state index contributed by atoms with van der Waals surface area (Å²) in [4.78, 5) is 0. The molecule has 0 aromatic rings. The fourth-order valence-corrected chi connectivity index (χ4v) is 0.792. The zero-order valence-corrected chi connectivity index (χ0v) is 5.59. The molecule has 2 N–H and O–H groups in total. The van der Waals surface area contributed by atoms with Gasteiger partial charge in [0, 0.05) is 5.70 Å². The van der Waals surface area contributed by atoms with E-state index < -0.39 is 0 Å². The molecule has 0 aliphatic heterocycles. The van der Waals surface area contributed by atoms with Crippen LogP contribution < -0.4 is 5.73 Å². The monoisotopic (exact) mass is 121 g/mol. The zero-order valence-electron chi connectivity index (χ0n) is 5.59. The standard InChI is InChI=1S/C8H11N/c1-2-8(9)7-5-3-4-6-7/h3-6H,2,9H2,1H3. The molecular weight excluding hydrogens is 110 g/mol. The van der Waals surface area contributed by atoms with E-state index in [0.29, 0.717) is 0 Å². The van der Waals surface area contributed by atoms with E-state index in [1.807, 2.05) is 24.3 Å². The van der Waals surface area contributed by atoms with Crippen LogP contribution in [0.2, 0.25) is 0 Å². The highest BCUT2D eigenvalue weighted by Crippen LogP contribution is 2.11. The number of nitrogens with two attached hydrogens (primary N) is 1. The molecule has 0 fully saturated rings. The number of hydrogen-bond acceptors (Lipinski definition) is 1. The maximum Gasteiger partial charge on any atom is 0.0151 e. The van der Waals surface area contributed by atoms with Crippen LogP contribution >= 0.6 is 0 Å². The van der Waals surface area contributed by atoms with Gasteiger partial charge in [-0.25, -0.2) is 0 Å². The molecule has 0 heterocycles. The molecule has 0 aromatic carbocycles. The third-order valence-corrected chi connectivity index (χ3v) is 1.41. The van der Waals surface area contributed by atoms with Crippen molar-refractivity contribution in [3.63, 3.8) is 0 Å². The topological polar surface area (TPSA) is 26.0 Å². The van der Waals surface area contributed by atoms with E-state index in [1.165, 1.54) is 0 Å². The fourth-order valence-electron chi connectivity index (χ4n) is 0.792. The van der Waals surface area contributed by atoms with Crippen LogP contribution in [0.4, 0.5) is 0 Å². The minimum absolute atomic E-state index is 0.935. The Balaban J connectivity index is 2.81. The highest BCUT2D eigenvalue weighted by molar-refractivity contribution is 5.42. The van der Waals surface area contributed by atoms with Gasteiger partial charge < -0.3 is 5.73 Å². The van der Waals surface area contributed by atoms with Crippen LogP contribution in [0.15, 0.2) is 35.6 Å². The SMILES string of the molecule is CCC(N)=C1C=CC=C1. The van der Waals surface area contributed by atoms with Crippen LogP contribution in [0.1, 0.15) is 13.3 Å². The van der Waals surface area contributed by atoms with Gasteiger partial charge in [-0.1, -0.05) is 31.2 Å². The van der Waals surface area contributed by atoms with Crippen molar-refractivity contribution < 1.29 is 0 Å². The first kappa shape index (κ1) is 6.14. The van der Waals surface area contributed by atoms with Crippen molar-refractivity contribution in [3.05, 3.63) is 35.6 Å². The lowest BCUT2D eigenvalue weighted by atomic mass is 10.2. The Morgan fingerprint density at radius 3 is 2.44 bits per heavy atom. The molecule has 1 rings (SSSR count). The van der Waals surface area contributed by atoms with E-state index in [-0.39, 0.29) is 0 Å². The maximum absolute atomic E-state index is 5.66. The van der Waals surface area contributed by atoms with Crippen LogP contribution in [0.3, 0.4) is 0 Å². The van der Waals surface area contributed by atoms with Crippen molar-refractivity contribution in [1.29, 1.82) is 0 Å². The second kappa shape index (κ2) is 2.53. The molecular formula is C8H11N. The van der Waals surface area contributed by atoms with E-state index >= 15 is 0 Å². The van der Waals surface area contributed by atoms with E-state index in [1.54, 1.807) is 0 Å². The average molecular weight is 121 g/mol. The van der Waals surface area contributed by atoms with Gasteiger partial charge in [0.1, 0.15) is 0 Å². The lowest BCUT2D eigenvalue weighted by Gasteiger charge is -1.96. The van der Waals surface area contributed by atoms with Crippen molar-refractivity contribution >= 4 is 0 Å². The molecule has 0 radical (unpaired) electrons. The van der Waals surface area contributed by atoms with Crippen molar-refractivity contribution in [2.45, 2.75) is 13.3 Å². The van der Waals surface area contributed by atoms with Gasteiger partial charge >= 0.3 is 0 Å². The van der Waals surface area contributed by atoms with E-state index in [4.69, 9.17) is 5.73 Å². The molecule has 48 valence electrons. The summed E-state index contributed by atoms with van der Waals surface area (Å²) in [6.45, 7) is 2.06. The molecule has 0 aromatic heterocycles. The first-order chi connectivity index (χ1) is 4.34. The normalized spacial score (nSPS) is 15.0. The van der Waals surface area contributed by atoms with Gasteiger partial charge in [0.2, 0.25) is 0 Å². The van der Waals surface area contributed by atoms with Gasteiger partial charge in [0.05, 0.1) is 0 Å². The molecule has 1 aliphatic rings. The fraction of sp³-hybridized carbons (Fsp3) is 0.250. The smallest absolute Gasteiger partial charge is 0.0151 e. The van der Waals surface area contributed by atoms with Crippen LogP contribution in [-0.2, 0) is 0 Å². The summed E-state index contributed by atoms with van der Waals surface area (Å²) in [7, 11) is 0. The Morgan fingerprint density at radius 1 is 1.44 bits per heavy atom. The molecule has 0 unspecified atom stereocenters. The third-order valence-electron chi connectivity index (χ3n) is 1.41. The molecule has 9 heavy (non-hydrogen) atoms. The summed E-state index contributed by atoms with van der Waals surface area (Å²) in [5.74, 6) is 0. The molecule has 0 saturated carbocycles. The molecule has 0 bridgehead atoms. The van der Waals surface area contributed by atoms with Gasteiger partial charge in [0.15, 0.2) is 0 Å². The van der Waals surface area contributed by atoms with Crippen LogP contribution in [0.25, 0.3) is 0 Å². The summed E-state index contributed by atoms with van der Waals surface area (Å²) in [5.41, 5.74) is 7.79. The third kappa shape index (κ3) is 1.22. The van der Waals surface area contributed by atoms with Gasteiger partial charge in [-0.05, 0) is 12.0 Å². The minimum atomic E-state index is 0.935. The Labute approximate surface area is 55.6 Å². The molecule has 0 atom stereocenters. The number of hydrogen-bond donors (Lipinski definition) is 1. The van der Waals surface area contributed by atoms with Crippen LogP contribution in [-0.4, -0.2) is 0 Å². The average Bonchev–Trinajstić information content (AvgIpc) is 2.37. The van der Waals surface area contributed by atoms with Gasteiger partial charge in [0.25, 0.3) is 0 Å². The second-order valence-electron chi connectivity index (χ2n) is 2.05. The summed E-state index contributed by atoms with van der Waals surface area (Å²) >= 11 is 0. The van der Waals surface area contributed by atoms with Crippen LogP contribution in [0.5, 0.6) is 0 Å². The van der Waals surface area contributed by atoms with Crippen molar-refractivity contribution in [1.82, 2.24) is 0 Å². The Kier molecular flexibility index (Phi) is 1.73. The predicted molar refractivity (Wildman–Crippen MR) is 39.8 cm³/mol. The summed E-state index contributed by atoms with van der Waals surface area (Å²) < 4.78 is 0. The Hall–Kier alpha value is -0.980. The molecule has 1 aliphatic carbocycles. The molecule has 0 spiro atoms. The molecule has 1 nitrogen and oxygen atoms in total. The highest BCUT2D eigenvalue weighted by Gasteiger charge is 1.95. The Morgan fingerprint density at radius 2 is 2.00 bits per heavy atom. The molecule has 0 saturated heterocycles. The van der Waals surface area contributed by atoms with E-state index in [0.717, 1.165) is 17.7 Å². The highest BCUT2D eigenvalue weighted by atomic mass is 14.6. The molecule has 0 amide bonds. The molecule has 1 heteroatoms. The van der Waals surface area contributed by atoms with Crippen LogP contribution in [0, 0.1) is 0 Å². The quantitative estimate of drug-likeness (QED) is 0.561. The predicted octanol–water partition coefficient (Wildman–Crippen LogP) is 1.74. The Bertz CT molecular complexity index is 171. The van der Waals surface area contributed by atoms with Crippen molar-refractivity contribution in [2.75, 3.05) is 0 Å². The van der Waals surface area contributed by atoms with Crippen molar-refractivity contribution in [3.8, 4) is 0 Å². The van der Waals surface area contributed by atoms with Gasteiger partial charge in [-0.15, -0.1) is 0 Å². The maximum atomic E-state index is 5.66. The summed E-state index contributed by atoms with van der Waals surface area (Å²) in [5, 5.41) is 0. The zero-order chi connectivity index (χ0) is 6.69. The van der Waals surface area contributed by atoms with Gasteiger partial charge in [-0.2, -0.15) is 0 Å². The largest absolute Gasteiger partial charge is 0.402 e. The van der Waals surface area contributed by atoms with E-state index in [2.05, 4.69) is 6.92 Å². The minimum Gasteiger partial charge on any atom is -0.402 e. The summed E-state index contributed by atoms with van der Waals surface area (Å²) in [6.07, 6.45) is 8.98. The van der Waals surface area contributed by atoms with E-state index in [9.17, 15) is 0 Å². The lowest BCUT2D eigenvalue weighted by molar-refractivity contribution is 1.05. The number of allylic oxidation sites excluding steroid dienone is 6. The number of rotatable bonds is 1. The van der Waals surface area contributed by atoms with Crippen molar-refractivity contribution in [2.24, 2.45) is 5.73 Å². The van der Waals surface area contributed by atoms with Gasteiger partial charge in [-0.3, -0.25) is 0 Å². The first-order valence-electron chi connectivity index (χ1n) is 3.18. The lowest BCUT2D eigenvalue weighted by Crippen LogP contribution is -1.97. The first-order valence-corrected chi connectivity index (χ1v) is 3.18.